The summed E-state index contributed by atoms with van der Waals surface area (Å²) in [7, 11) is 1.72. The molecule has 0 radical (unpaired) electrons. The standard InChI is InChI=1S/C18H20N2O3/c1-20-12-15(11-17(20)21)18(22)19-8-9-23-16-7-6-13-4-2-3-5-14(13)10-16/h2-7,10,15H,8-9,11-12H2,1H3,(H,19,22)/t15-/m1/s1. The van der Waals surface area contributed by atoms with Gasteiger partial charge in [-0.1, -0.05) is 30.3 Å². The molecule has 2 aromatic carbocycles. The van der Waals surface area contributed by atoms with E-state index in [9.17, 15) is 9.59 Å². The zero-order valence-electron chi connectivity index (χ0n) is 13.1. The molecule has 5 heteroatoms. The van der Waals surface area contributed by atoms with Crippen LogP contribution in [0, 0.1) is 5.92 Å². The van der Waals surface area contributed by atoms with Crippen LogP contribution in [0.2, 0.25) is 0 Å². The molecule has 1 aliphatic rings. The monoisotopic (exact) mass is 312 g/mol. The van der Waals surface area contributed by atoms with Crippen molar-refractivity contribution in [2.45, 2.75) is 6.42 Å². The summed E-state index contributed by atoms with van der Waals surface area (Å²) in [5.41, 5.74) is 0. The average molecular weight is 312 g/mol. The minimum atomic E-state index is -0.242. The number of fused-ring (bicyclic) bond motifs is 1. The largest absolute Gasteiger partial charge is 0.492 e. The Bertz CT molecular complexity index is 729. The number of benzene rings is 2. The van der Waals surface area contributed by atoms with Crippen LogP contribution in [0.15, 0.2) is 42.5 Å². The van der Waals surface area contributed by atoms with Crippen LogP contribution in [0.1, 0.15) is 6.42 Å². The third kappa shape index (κ3) is 3.62. The third-order valence-corrected chi connectivity index (χ3v) is 4.10. The van der Waals surface area contributed by atoms with Gasteiger partial charge in [-0.25, -0.2) is 0 Å². The summed E-state index contributed by atoms with van der Waals surface area (Å²) in [6.07, 6.45) is 0.299. The van der Waals surface area contributed by atoms with E-state index in [1.54, 1.807) is 11.9 Å². The molecule has 2 aromatic rings. The van der Waals surface area contributed by atoms with Gasteiger partial charge >= 0.3 is 0 Å². The number of carbonyl (C=O) groups is 2. The first kappa shape index (κ1) is 15.3. The Morgan fingerprint density at radius 1 is 1.26 bits per heavy atom. The molecule has 0 bridgehead atoms. The first-order chi connectivity index (χ1) is 11.1. The first-order valence-electron chi connectivity index (χ1n) is 7.77. The van der Waals surface area contributed by atoms with Crippen molar-refractivity contribution in [2.75, 3.05) is 26.7 Å². The molecule has 1 fully saturated rings. The summed E-state index contributed by atoms with van der Waals surface area (Å²) in [4.78, 5) is 25.0. The fourth-order valence-corrected chi connectivity index (χ4v) is 2.78. The summed E-state index contributed by atoms with van der Waals surface area (Å²) >= 11 is 0. The minimum Gasteiger partial charge on any atom is -0.492 e. The average Bonchev–Trinajstić information content (AvgIpc) is 2.90. The van der Waals surface area contributed by atoms with E-state index in [1.165, 1.54) is 5.39 Å². The van der Waals surface area contributed by atoms with E-state index in [-0.39, 0.29) is 17.7 Å². The Hall–Kier alpha value is -2.56. The maximum Gasteiger partial charge on any atom is 0.225 e. The molecule has 0 spiro atoms. The van der Waals surface area contributed by atoms with Crippen molar-refractivity contribution in [1.29, 1.82) is 0 Å². The summed E-state index contributed by atoms with van der Waals surface area (Å²) in [5.74, 6) is 0.490. The Morgan fingerprint density at radius 3 is 2.78 bits per heavy atom. The van der Waals surface area contributed by atoms with E-state index < -0.39 is 0 Å². The van der Waals surface area contributed by atoms with Crippen LogP contribution in [-0.2, 0) is 9.59 Å². The molecule has 0 unspecified atom stereocenters. The van der Waals surface area contributed by atoms with E-state index in [0.29, 0.717) is 26.1 Å². The Labute approximate surface area is 135 Å². The number of amides is 2. The second-order valence-corrected chi connectivity index (χ2v) is 5.82. The molecule has 2 amide bonds. The molecular weight excluding hydrogens is 292 g/mol. The van der Waals surface area contributed by atoms with E-state index in [1.807, 2.05) is 36.4 Å². The van der Waals surface area contributed by atoms with Crippen LogP contribution in [0.25, 0.3) is 10.8 Å². The van der Waals surface area contributed by atoms with Gasteiger partial charge in [-0.3, -0.25) is 9.59 Å². The van der Waals surface area contributed by atoms with Gasteiger partial charge in [-0.15, -0.1) is 0 Å². The minimum absolute atomic E-state index is 0.0255. The molecule has 0 saturated carbocycles. The lowest BCUT2D eigenvalue weighted by atomic mass is 10.1. The molecular formula is C18H20N2O3. The highest BCUT2D eigenvalue weighted by molar-refractivity contribution is 5.89. The van der Waals surface area contributed by atoms with Crippen LogP contribution in [0.4, 0.5) is 0 Å². The van der Waals surface area contributed by atoms with E-state index in [0.717, 1.165) is 11.1 Å². The quantitative estimate of drug-likeness (QED) is 0.857. The topological polar surface area (TPSA) is 58.6 Å². The highest BCUT2D eigenvalue weighted by Crippen LogP contribution is 2.20. The Morgan fingerprint density at radius 2 is 2.04 bits per heavy atom. The predicted octanol–water partition coefficient (Wildman–Crippen LogP) is 1.81. The van der Waals surface area contributed by atoms with E-state index in [4.69, 9.17) is 4.74 Å². The van der Waals surface area contributed by atoms with Crippen LogP contribution in [0.5, 0.6) is 5.75 Å². The van der Waals surface area contributed by atoms with Crippen molar-refractivity contribution in [3.05, 3.63) is 42.5 Å². The van der Waals surface area contributed by atoms with Gasteiger partial charge < -0.3 is 15.0 Å². The molecule has 120 valence electrons. The zero-order chi connectivity index (χ0) is 16.2. The first-order valence-corrected chi connectivity index (χ1v) is 7.77. The molecule has 1 atom stereocenters. The van der Waals surface area contributed by atoms with Crippen molar-refractivity contribution in [2.24, 2.45) is 5.92 Å². The summed E-state index contributed by atoms with van der Waals surface area (Å²) in [6, 6.07) is 14.0. The Kier molecular flexibility index (Phi) is 4.46. The van der Waals surface area contributed by atoms with Crippen molar-refractivity contribution >= 4 is 22.6 Å². The highest BCUT2D eigenvalue weighted by atomic mass is 16.5. The maximum atomic E-state index is 12.0. The molecule has 1 aliphatic heterocycles. The van der Waals surface area contributed by atoms with E-state index in [2.05, 4.69) is 11.4 Å². The third-order valence-electron chi connectivity index (χ3n) is 4.10. The van der Waals surface area contributed by atoms with Crippen LogP contribution < -0.4 is 10.1 Å². The van der Waals surface area contributed by atoms with Crippen molar-refractivity contribution in [3.8, 4) is 5.75 Å². The number of nitrogens with one attached hydrogen (secondary N) is 1. The Balaban J connectivity index is 1.45. The maximum absolute atomic E-state index is 12.0. The predicted molar refractivity (Wildman–Crippen MR) is 88.2 cm³/mol. The normalized spacial score (nSPS) is 17.5. The highest BCUT2D eigenvalue weighted by Gasteiger charge is 2.31. The number of nitrogens with zero attached hydrogens (tertiary/aromatic N) is 1. The number of carbonyl (C=O) groups excluding carboxylic acids is 2. The number of ether oxygens (including phenoxy) is 1. The number of likely N-dealkylation sites (tertiary alicyclic amines) is 1. The molecule has 1 saturated heterocycles. The lowest BCUT2D eigenvalue weighted by molar-refractivity contribution is -0.128. The van der Waals surface area contributed by atoms with E-state index >= 15 is 0 Å². The van der Waals surface area contributed by atoms with Crippen LogP contribution >= 0.6 is 0 Å². The second kappa shape index (κ2) is 6.69. The molecule has 0 aliphatic carbocycles. The smallest absolute Gasteiger partial charge is 0.225 e. The van der Waals surface area contributed by atoms with Crippen LogP contribution in [-0.4, -0.2) is 43.5 Å². The van der Waals surface area contributed by atoms with Gasteiger partial charge in [0, 0.05) is 20.0 Å². The van der Waals surface area contributed by atoms with Crippen molar-refractivity contribution in [1.82, 2.24) is 10.2 Å². The van der Waals surface area contributed by atoms with Gasteiger partial charge in [0.15, 0.2) is 0 Å². The summed E-state index contributed by atoms with van der Waals surface area (Å²) in [5, 5.41) is 5.13. The number of hydrogen-bond acceptors (Lipinski definition) is 3. The summed E-state index contributed by atoms with van der Waals surface area (Å²) in [6.45, 7) is 1.33. The van der Waals surface area contributed by atoms with Gasteiger partial charge in [0.25, 0.3) is 0 Å². The molecule has 23 heavy (non-hydrogen) atoms. The van der Waals surface area contributed by atoms with Crippen LogP contribution in [0.3, 0.4) is 0 Å². The van der Waals surface area contributed by atoms with Crippen molar-refractivity contribution in [3.63, 3.8) is 0 Å². The SMILES string of the molecule is CN1C[C@H](C(=O)NCCOc2ccc3ccccc3c2)CC1=O. The van der Waals surface area contributed by atoms with Gasteiger partial charge in [0.1, 0.15) is 12.4 Å². The molecule has 5 nitrogen and oxygen atoms in total. The van der Waals surface area contributed by atoms with Gasteiger partial charge in [0.2, 0.25) is 11.8 Å². The fraction of sp³-hybridized carbons (Fsp3) is 0.333. The molecule has 1 N–H and O–H groups in total. The van der Waals surface area contributed by atoms with Crippen molar-refractivity contribution < 1.29 is 14.3 Å². The molecule has 0 aromatic heterocycles. The van der Waals surface area contributed by atoms with Gasteiger partial charge in [0.05, 0.1) is 12.5 Å². The zero-order valence-corrected chi connectivity index (χ0v) is 13.1. The lowest BCUT2D eigenvalue weighted by Gasteiger charge is -2.12. The fourth-order valence-electron chi connectivity index (χ4n) is 2.78. The van der Waals surface area contributed by atoms with Gasteiger partial charge in [-0.05, 0) is 22.9 Å². The second-order valence-electron chi connectivity index (χ2n) is 5.82. The molecule has 1 heterocycles. The number of hydrogen-bond donors (Lipinski definition) is 1. The lowest BCUT2D eigenvalue weighted by Crippen LogP contribution is -2.34. The van der Waals surface area contributed by atoms with Gasteiger partial charge in [-0.2, -0.15) is 0 Å². The molecule has 3 rings (SSSR count). The number of rotatable bonds is 5. The summed E-state index contributed by atoms with van der Waals surface area (Å²) < 4.78 is 5.68.